The summed E-state index contributed by atoms with van der Waals surface area (Å²) in [6.45, 7) is 5.33. The number of aryl methyl sites for hydroxylation is 2. The number of fused-ring (bicyclic) bond motifs is 1. The van der Waals surface area contributed by atoms with Crippen molar-refractivity contribution in [3.63, 3.8) is 0 Å². The van der Waals surface area contributed by atoms with E-state index >= 15 is 0 Å². The molecule has 0 saturated carbocycles. The third-order valence-corrected chi connectivity index (χ3v) is 6.19. The summed E-state index contributed by atoms with van der Waals surface area (Å²) >= 11 is 4.44. The quantitative estimate of drug-likeness (QED) is 0.505. The van der Waals surface area contributed by atoms with Gasteiger partial charge in [0.2, 0.25) is 0 Å². The van der Waals surface area contributed by atoms with Gasteiger partial charge in [-0.15, -0.1) is 0 Å². The number of halogens is 1. The first-order valence-electron chi connectivity index (χ1n) is 9.14. The number of imide groups is 1. The number of carbonyl (C=O) groups excluding carboxylic acids is 2. The Bertz CT molecular complexity index is 1170. The number of nitrogens with zero attached hydrogens (tertiary/aromatic N) is 1. The Morgan fingerprint density at radius 2 is 1.97 bits per heavy atom. The van der Waals surface area contributed by atoms with Gasteiger partial charge in [-0.3, -0.25) is 14.9 Å². The number of amides is 2. The molecule has 0 aliphatic carbocycles. The lowest BCUT2D eigenvalue weighted by molar-refractivity contribution is -0.115. The van der Waals surface area contributed by atoms with Gasteiger partial charge < -0.3 is 9.30 Å². The van der Waals surface area contributed by atoms with Crippen molar-refractivity contribution < 1.29 is 14.3 Å². The number of ether oxygens (including phenoxy) is 1. The molecule has 2 heterocycles. The second kappa shape index (κ2) is 8.08. The third kappa shape index (κ3) is 4.26. The molecule has 0 atom stereocenters. The van der Waals surface area contributed by atoms with Crippen LogP contribution in [0.25, 0.3) is 17.0 Å². The number of hydrogen-bond acceptors (Lipinski definition) is 4. The molecule has 29 heavy (non-hydrogen) atoms. The van der Waals surface area contributed by atoms with Crippen molar-refractivity contribution in [3.05, 3.63) is 68.7 Å². The molecule has 1 aliphatic rings. The van der Waals surface area contributed by atoms with Crippen molar-refractivity contribution in [3.8, 4) is 5.75 Å². The molecule has 4 rings (SSSR count). The molecule has 0 spiro atoms. The highest BCUT2D eigenvalue weighted by Crippen LogP contribution is 2.31. The van der Waals surface area contributed by atoms with Gasteiger partial charge in [0.25, 0.3) is 11.1 Å². The van der Waals surface area contributed by atoms with Gasteiger partial charge in [-0.2, -0.15) is 0 Å². The smallest absolute Gasteiger partial charge is 0.290 e. The first kappa shape index (κ1) is 19.8. The molecule has 1 N–H and O–H groups in total. The third-order valence-electron chi connectivity index (χ3n) is 4.88. The average Bonchev–Trinajstić information content (AvgIpc) is 3.17. The average molecular weight is 471 g/mol. The zero-order chi connectivity index (χ0) is 20.5. The first-order valence-corrected chi connectivity index (χ1v) is 10.7. The van der Waals surface area contributed by atoms with Crippen LogP contribution in [0.1, 0.15) is 16.7 Å². The minimum Gasteiger partial charge on any atom is -0.492 e. The van der Waals surface area contributed by atoms with Crippen LogP contribution in [-0.4, -0.2) is 22.3 Å². The summed E-state index contributed by atoms with van der Waals surface area (Å²) in [4.78, 5) is 23.8. The summed E-state index contributed by atoms with van der Waals surface area (Å²) in [5, 5.41) is 2.96. The van der Waals surface area contributed by atoms with E-state index in [9.17, 15) is 9.59 Å². The zero-order valence-electron chi connectivity index (χ0n) is 16.0. The molecule has 1 aliphatic heterocycles. The van der Waals surface area contributed by atoms with E-state index in [1.54, 1.807) is 6.08 Å². The number of thioether (sulfide) groups is 1. The number of nitrogens with one attached hydrogen (secondary N) is 1. The maximum Gasteiger partial charge on any atom is 0.290 e. The Hall–Kier alpha value is -2.51. The van der Waals surface area contributed by atoms with Crippen LogP contribution in [0.3, 0.4) is 0 Å². The van der Waals surface area contributed by atoms with E-state index in [1.165, 1.54) is 11.1 Å². The van der Waals surface area contributed by atoms with Gasteiger partial charge in [-0.25, -0.2) is 0 Å². The van der Waals surface area contributed by atoms with Gasteiger partial charge in [-0.05, 0) is 73.1 Å². The van der Waals surface area contributed by atoms with Crippen molar-refractivity contribution in [1.82, 2.24) is 9.88 Å². The van der Waals surface area contributed by atoms with Crippen molar-refractivity contribution in [1.29, 1.82) is 0 Å². The minimum absolute atomic E-state index is 0.340. The van der Waals surface area contributed by atoms with E-state index in [1.807, 2.05) is 36.5 Å². The van der Waals surface area contributed by atoms with E-state index in [0.717, 1.165) is 38.5 Å². The van der Waals surface area contributed by atoms with Gasteiger partial charge >= 0.3 is 0 Å². The highest BCUT2D eigenvalue weighted by atomic mass is 79.9. The van der Waals surface area contributed by atoms with E-state index < -0.39 is 0 Å². The first-order chi connectivity index (χ1) is 13.9. The van der Waals surface area contributed by atoms with Crippen LogP contribution >= 0.6 is 27.7 Å². The second-order valence-corrected chi connectivity index (χ2v) is 8.82. The van der Waals surface area contributed by atoms with E-state index in [4.69, 9.17) is 4.74 Å². The molecule has 7 heteroatoms. The maximum absolute atomic E-state index is 11.9. The monoisotopic (exact) mass is 470 g/mol. The summed E-state index contributed by atoms with van der Waals surface area (Å²) in [5.41, 5.74) is 4.37. The van der Waals surface area contributed by atoms with Crippen LogP contribution in [0.5, 0.6) is 5.75 Å². The van der Waals surface area contributed by atoms with Crippen molar-refractivity contribution in [2.24, 2.45) is 0 Å². The lowest BCUT2D eigenvalue weighted by Gasteiger charge is -2.10. The minimum atomic E-state index is -0.353. The molecular weight excluding hydrogens is 452 g/mol. The molecule has 1 saturated heterocycles. The second-order valence-electron chi connectivity index (χ2n) is 6.89. The van der Waals surface area contributed by atoms with Crippen LogP contribution in [0.2, 0.25) is 0 Å². The van der Waals surface area contributed by atoms with Crippen LogP contribution in [-0.2, 0) is 11.3 Å². The fourth-order valence-electron chi connectivity index (χ4n) is 3.22. The summed E-state index contributed by atoms with van der Waals surface area (Å²) < 4.78 is 8.99. The Morgan fingerprint density at radius 1 is 1.14 bits per heavy atom. The number of aromatic nitrogens is 1. The van der Waals surface area contributed by atoms with Gasteiger partial charge in [-0.1, -0.05) is 22.0 Å². The Kier molecular flexibility index (Phi) is 5.52. The number of rotatable bonds is 5. The van der Waals surface area contributed by atoms with Crippen molar-refractivity contribution in [2.45, 2.75) is 20.4 Å². The number of carbonyl (C=O) groups is 2. The molecule has 2 amide bonds. The van der Waals surface area contributed by atoms with Crippen molar-refractivity contribution >= 4 is 55.8 Å². The van der Waals surface area contributed by atoms with Crippen molar-refractivity contribution in [2.75, 3.05) is 6.61 Å². The highest BCUT2D eigenvalue weighted by molar-refractivity contribution is 9.10. The summed E-state index contributed by atoms with van der Waals surface area (Å²) in [6.07, 6.45) is 3.75. The molecule has 0 radical (unpaired) electrons. The van der Waals surface area contributed by atoms with E-state index in [-0.39, 0.29) is 11.1 Å². The van der Waals surface area contributed by atoms with Crippen LogP contribution in [0, 0.1) is 13.8 Å². The molecule has 0 unspecified atom stereocenters. The summed E-state index contributed by atoms with van der Waals surface area (Å²) in [7, 11) is 0. The fraction of sp³-hybridized carbons (Fsp3) is 0.182. The predicted molar refractivity (Wildman–Crippen MR) is 120 cm³/mol. The molecule has 0 bridgehead atoms. The topological polar surface area (TPSA) is 60.3 Å². The normalized spacial score (nSPS) is 15.3. The molecular formula is C22H19BrN2O3S. The van der Waals surface area contributed by atoms with Gasteiger partial charge in [0.15, 0.2) is 0 Å². The molecule has 2 aromatic carbocycles. The molecule has 1 fully saturated rings. The predicted octanol–water partition coefficient (Wildman–Crippen LogP) is 5.42. The van der Waals surface area contributed by atoms with Crippen LogP contribution < -0.4 is 10.1 Å². The maximum atomic E-state index is 11.9. The number of hydrogen-bond donors (Lipinski definition) is 1. The van der Waals surface area contributed by atoms with Gasteiger partial charge in [0.05, 0.1) is 11.4 Å². The molecule has 148 valence electrons. The summed E-state index contributed by atoms with van der Waals surface area (Å²) in [6, 6.07) is 12.1. The largest absolute Gasteiger partial charge is 0.492 e. The lowest BCUT2D eigenvalue weighted by Crippen LogP contribution is -2.17. The SMILES string of the molecule is Cc1ccc(OCCn2cc(/C=C3\SC(=O)NC3=O)c3cc(Br)ccc32)cc1C. The van der Waals surface area contributed by atoms with Gasteiger partial charge in [0, 0.05) is 27.1 Å². The van der Waals surface area contributed by atoms with E-state index in [0.29, 0.717) is 18.1 Å². The fourth-order valence-corrected chi connectivity index (χ4v) is 4.26. The Morgan fingerprint density at radius 3 is 2.69 bits per heavy atom. The van der Waals surface area contributed by atoms with Gasteiger partial charge in [0.1, 0.15) is 12.4 Å². The summed E-state index contributed by atoms with van der Waals surface area (Å²) in [5.74, 6) is 0.501. The molecule has 1 aromatic heterocycles. The van der Waals surface area contributed by atoms with Crippen LogP contribution in [0.4, 0.5) is 4.79 Å². The lowest BCUT2D eigenvalue weighted by atomic mass is 10.1. The van der Waals surface area contributed by atoms with E-state index in [2.05, 4.69) is 45.7 Å². The zero-order valence-corrected chi connectivity index (χ0v) is 18.4. The number of benzene rings is 2. The Labute approximate surface area is 181 Å². The van der Waals surface area contributed by atoms with Crippen LogP contribution in [0.15, 0.2) is 52.0 Å². The Balaban J connectivity index is 1.59. The highest BCUT2D eigenvalue weighted by Gasteiger charge is 2.25. The standard InChI is InChI=1S/C22H19BrN2O3S/c1-13-3-5-17(9-14(13)2)28-8-7-25-12-15(10-20-21(26)24-22(27)29-20)18-11-16(23)4-6-19(18)25/h3-6,9-12H,7-8H2,1-2H3,(H,24,26,27)/b20-10-. The molecule has 3 aromatic rings. The molecule has 5 nitrogen and oxygen atoms in total.